The van der Waals surface area contributed by atoms with E-state index in [0.717, 1.165) is 37.2 Å². The Morgan fingerprint density at radius 3 is 2.57 bits per heavy atom. The predicted octanol–water partition coefficient (Wildman–Crippen LogP) is 1.82. The minimum Gasteiger partial charge on any atom is -0.481 e. The van der Waals surface area contributed by atoms with Crippen LogP contribution in [0.3, 0.4) is 0 Å². The van der Waals surface area contributed by atoms with Crippen molar-refractivity contribution in [3.63, 3.8) is 0 Å². The third-order valence-electron chi connectivity index (χ3n) is 4.84. The predicted molar refractivity (Wildman–Crippen MR) is 76.9 cm³/mol. The molecule has 0 aromatic carbocycles. The summed E-state index contributed by atoms with van der Waals surface area (Å²) in [5, 5.41) is 22.8. The highest BCUT2D eigenvalue weighted by atomic mass is 16.4. The number of aliphatic carboxylic acids is 1. The minimum atomic E-state index is -0.707. The van der Waals surface area contributed by atoms with Gasteiger partial charge in [-0.05, 0) is 38.5 Å². The van der Waals surface area contributed by atoms with Gasteiger partial charge >= 0.3 is 5.97 Å². The van der Waals surface area contributed by atoms with Crippen molar-refractivity contribution in [1.82, 2.24) is 9.78 Å². The van der Waals surface area contributed by atoms with Gasteiger partial charge in [0.05, 0.1) is 5.69 Å². The minimum absolute atomic E-state index is 0.260. The molecule has 0 saturated carbocycles. The second kappa shape index (κ2) is 5.06. The van der Waals surface area contributed by atoms with Gasteiger partial charge in [0.15, 0.2) is 0 Å². The van der Waals surface area contributed by atoms with Crippen molar-refractivity contribution in [2.45, 2.75) is 51.1 Å². The van der Waals surface area contributed by atoms with Gasteiger partial charge in [-0.15, -0.1) is 0 Å². The van der Waals surface area contributed by atoms with Gasteiger partial charge in [0, 0.05) is 25.6 Å². The average molecular weight is 288 g/mol. The lowest BCUT2D eigenvalue weighted by Crippen LogP contribution is -2.44. The molecule has 1 N–H and O–H groups in total. The van der Waals surface area contributed by atoms with Gasteiger partial charge in [-0.2, -0.15) is 10.4 Å². The van der Waals surface area contributed by atoms with Crippen LogP contribution >= 0.6 is 0 Å². The maximum atomic E-state index is 10.9. The van der Waals surface area contributed by atoms with Crippen molar-refractivity contribution < 1.29 is 9.90 Å². The monoisotopic (exact) mass is 288 g/mol. The van der Waals surface area contributed by atoms with Crippen molar-refractivity contribution >= 4 is 11.8 Å². The molecule has 2 saturated heterocycles. The van der Waals surface area contributed by atoms with Crippen LogP contribution in [-0.2, 0) is 11.8 Å². The van der Waals surface area contributed by atoms with Gasteiger partial charge < -0.3 is 10.0 Å². The molecule has 0 radical (unpaired) electrons. The number of hydrogen-bond acceptors (Lipinski definition) is 4. The highest BCUT2D eigenvalue weighted by Gasteiger charge is 2.43. The number of piperidine rings is 1. The second-order valence-corrected chi connectivity index (χ2v) is 6.25. The molecule has 2 atom stereocenters. The van der Waals surface area contributed by atoms with Crippen LogP contribution in [0.15, 0.2) is 0 Å². The molecule has 0 amide bonds. The van der Waals surface area contributed by atoms with Gasteiger partial charge in [-0.1, -0.05) is 0 Å². The fourth-order valence-electron chi connectivity index (χ4n) is 4.12. The number of hydrogen-bond donors (Lipinski definition) is 1. The number of carboxylic acid groups (broad SMARTS) is 1. The van der Waals surface area contributed by atoms with Crippen molar-refractivity contribution in [3.8, 4) is 6.07 Å². The molecule has 6 nitrogen and oxygen atoms in total. The highest BCUT2D eigenvalue weighted by Crippen LogP contribution is 2.43. The maximum Gasteiger partial charge on any atom is 0.303 e. The third kappa shape index (κ3) is 2.27. The first-order chi connectivity index (χ1) is 10.0. The number of aromatic nitrogens is 2. The summed E-state index contributed by atoms with van der Waals surface area (Å²) in [4.78, 5) is 13.3. The van der Waals surface area contributed by atoms with E-state index in [4.69, 9.17) is 5.11 Å². The number of nitrogens with zero attached hydrogens (tertiary/aromatic N) is 4. The fraction of sp³-hybridized carbons (Fsp3) is 0.667. The molecule has 21 heavy (non-hydrogen) atoms. The Morgan fingerprint density at radius 2 is 2.05 bits per heavy atom. The van der Waals surface area contributed by atoms with E-state index >= 15 is 0 Å². The number of aryl methyl sites for hydroxylation is 2. The normalized spacial score (nSPS) is 27.7. The van der Waals surface area contributed by atoms with E-state index in [1.54, 1.807) is 4.68 Å². The third-order valence-corrected chi connectivity index (χ3v) is 4.84. The van der Waals surface area contributed by atoms with E-state index in [2.05, 4.69) is 16.1 Å². The molecule has 1 aromatic rings. The standard InChI is InChI=1S/C15H20N4O2/c1-9-13(8-16)15(18(2)17-9)19-11-3-4-12(19)6-10(5-11)7-14(20)21/h10-12H,3-7H2,1-2H3,(H,20,21). The molecule has 2 aliphatic rings. The maximum absolute atomic E-state index is 10.9. The average Bonchev–Trinajstić information content (AvgIpc) is 2.81. The van der Waals surface area contributed by atoms with E-state index in [-0.39, 0.29) is 12.3 Å². The number of fused-ring (bicyclic) bond motifs is 2. The lowest BCUT2D eigenvalue weighted by Gasteiger charge is -2.40. The topological polar surface area (TPSA) is 82.2 Å². The van der Waals surface area contributed by atoms with Crippen LogP contribution < -0.4 is 4.90 Å². The van der Waals surface area contributed by atoms with Gasteiger partial charge in [0.25, 0.3) is 0 Å². The van der Waals surface area contributed by atoms with Crippen LogP contribution in [-0.4, -0.2) is 32.9 Å². The molecular formula is C15H20N4O2. The number of anilines is 1. The lowest BCUT2D eigenvalue weighted by molar-refractivity contribution is -0.138. The van der Waals surface area contributed by atoms with Crippen LogP contribution in [0, 0.1) is 24.2 Å². The Morgan fingerprint density at radius 1 is 1.43 bits per heavy atom. The molecule has 2 bridgehead atoms. The molecule has 3 rings (SSSR count). The molecule has 3 heterocycles. The summed E-state index contributed by atoms with van der Waals surface area (Å²) in [6.45, 7) is 1.86. The smallest absolute Gasteiger partial charge is 0.303 e. The van der Waals surface area contributed by atoms with E-state index in [1.165, 1.54) is 0 Å². The lowest BCUT2D eigenvalue weighted by atomic mass is 9.88. The molecule has 6 heteroatoms. The Kier molecular flexibility index (Phi) is 3.36. The van der Waals surface area contributed by atoms with Crippen molar-refractivity contribution in [1.29, 1.82) is 5.26 Å². The zero-order chi connectivity index (χ0) is 15.1. The first kappa shape index (κ1) is 13.9. The molecule has 2 fully saturated rings. The SMILES string of the molecule is Cc1nn(C)c(N2C3CCC2CC(CC(=O)O)C3)c1C#N. The summed E-state index contributed by atoms with van der Waals surface area (Å²) in [5.74, 6) is 0.467. The number of nitriles is 1. The van der Waals surface area contributed by atoms with E-state index in [1.807, 2.05) is 14.0 Å². The first-order valence-corrected chi connectivity index (χ1v) is 7.45. The Balaban J connectivity index is 1.90. The number of carbonyl (C=O) groups is 1. The summed E-state index contributed by atoms with van der Waals surface area (Å²) in [7, 11) is 1.88. The van der Waals surface area contributed by atoms with Crippen molar-refractivity contribution in [2.24, 2.45) is 13.0 Å². The molecule has 1 aromatic heterocycles. The van der Waals surface area contributed by atoms with Crippen molar-refractivity contribution in [2.75, 3.05) is 4.90 Å². The molecule has 2 aliphatic heterocycles. The summed E-state index contributed by atoms with van der Waals surface area (Å²) in [5.41, 5.74) is 1.42. The zero-order valence-corrected chi connectivity index (χ0v) is 12.4. The summed E-state index contributed by atoms with van der Waals surface area (Å²) in [6, 6.07) is 2.96. The van der Waals surface area contributed by atoms with Crippen LogP contribution in [0.4, 0.5) is 5.82 Å². The van der Waals surface area contributed by atoms with Gasteiger partial charge in [0.1, 0.15) is 17.5 Å². The number of rotatable bonds is 3. The molecule has 112 valence electrons. The van der Waals surface area contributed by atoms with Crippen LogP contribution in [0.2, 0.25) is 0 Å². The quantitative estimate of drug-likeness (QED) is 0.917. The summed E-state index contributed by atoms with van der Waals surface area (Å²) >= 11 is 0. The first-order valence-electron chi connectivity index (χ1n) is 7.45. The zero-order valence-electron chi connectivity index (χ0n) is 12.4. The Labute approximate surface area is 124 Å². The molecular weight excluding hydrogens is 268 g/mol. The number of carboxylic acids is 1. The van der Waals surface area contributed by atoms with E-state index in [0.29, 0.717) is 17.6 Å². The highest BCUT2D eigenvalue weighted by molar-refractivity contribution is 5.67. The van der Waals surface area contributed by atoms with Crippen molar-refractivity contribution in [3.05, 3.63) is 11.3 Å². The van der Waals surface area contributed by atoms with Crippen LogP contribution in [0.1, 0.15) is 43.4 Å². The van der Waals surface area contributed by atoms with Gasteiger partial charge in [-0.25, -0.2) is 0 Å². The van der Waals surface area contributed by atoms with Gasteiger partial charge in [0.2, 0.25) is 0 Å². The molecule has 0 spiro atoms. The van der Waals surface area contributed by atoms with E-state index < -0.39 is 5.97 Å². The van der Waals surface area contributed by atoms with E-state index in [9.17, 15) is 10.1 Å². The second-order valence-electron chi connectivity index (χ2n) is 6.25. The Bertz CT molecular complexity index is 602. The van der Waals surface area contributed by atoms with Crippen LogP contribution in [0.5, 0.6) is 0 Å². The van der Waals surface area contributed by atoms with Crippen LogP contribution in [0.25, 0.3) is 0 Å². The Hall–Kier alpha value is -2.03. The summed E-state index contributed by atoms with van der Waals surface area (Å²) < 4.78 is 1.80. The van der Waals surface area contributed by atoms with Gasteiger partial charge in [-0.3, -0.25) is 9.48 Å². The summed E-state index contributed by atoms with van der Waals surface area (Å²) in [6.07, 6.45) is 4.22. The largest absolute Gasteiger partial charge is 0.481 e. The molecule has 0 aliphatic carbocycles. The fourth-order valence-corrected chi connectivity index (χ4v) is 4.12. The molecule has 2 unspecified atom stereocenters.